The lowest BCUT2D eigenvalue weighted by atomic mass is 9.97. The van der Waals surface area contributed by atoms with Crippen LogP contribution in [0.1, 0.15) is 30.5 Å². The zero-order valence-corrected chi connectivity index (χ0v) is 9.16. The number of aryl methyl sites for hydroxylation is 1. The molecule has 0 saturated heterocycles. The number of nitriles is 1. The summed E-state index contributed by atoms with van der Waals surface area (Å²) in [5.74, 6) is 0.835. The zero-order chi connectivity index (χ0) is 11.1. The summed E-state index contributed by atoms with van der Waals surface area (Å²) in [6.45, 7) is 6.01. The second kappa shape index (κ2) is 3.13. The Bertz CT molecular complexity index is 478. The van der Waals surface area contributed by atoms with Crippen molar-refractivity contribution in [2.75, 3.05) is 0 Å². The van der Waals surface area contributed by atoms with E-state index >= 15 is 0 Å². The van der Waals surface area contributed by atoms with Crippen LogP contribution >= 0.6 is 0 Å². The summed E-state index contributed by atoms with van der Waals surface area (Å²) in [6, 6.07) is 5.94. The van der Waals surface area contributed by atoms with Crippen LogP contribution in [0.2, 0.25) is 0 Å². The molecule has 0 saturated carbocycles. The molecule has 1 aromatic rings. The van der Waals surface area contributed by atoms with Crippen molar-refractivity contribution < 1.29 is 4.74 Å². The SMILES string of the molecule is Cc1ccc(C#N)c2c1OC(C)(C)C=C2. The molecule has 2 rings (SSSR count). The molecule has 1 aromatic carbocycles. The average molecular weight is 199 g/mol. The summed E-state index contributed by atoms with van der Waals surface area (Å²) in [4.78, 5) is 0. The Morgan fingerprint density at radius 2 is 2.07 bits per heavy atom. The van der Waals surface area contributed by atoms with Crippen molar-refractivity contribution in [1.82, 2.24) is 0 Å². The zero-order valence-electron chi connectivity index (χ0n) is 9.16. The van der Waals surface area contributed by atoms with E-state index in [-0.39, 0.29) is 5.60 Å². The van der Waals surface area contributed by atoms with Crippen LogP contribution in [0.5, 0.6) is 5.75 Å². The third-order valence-electron chi connectivity index (χ3n) is 2.53. The van der Waals surface area contributed by atoms with Gasteiger partial charge in [-0.3, -0.25) is 0 Å². The Kier molecular flexibility index (Phi) is 2.04. The van der Waals surface area contributed by atoms with E-state index in [1.165, 1.54) is 0 Å². The first-order chi connectivity index (χ1) is 7.03. The van der Waals surface area contributed by atoms with E-state index in [2.05, 4.69) is 6.07 Å². The molecule has 1 aliphatic heterocycles. The lowest BCUT2D eigenvalue weighted by Crippen LogP contribution is -2.28. The number of nitrogens with zero attached hydrogens (tertiary/aromatic N) is 1. The summed E-state index contributed by atoms with van der Waals surface area (Å²) < 4.78 is 5.85. The summed E-state index contributed by atoms with van der Waals surface area (Å²) in [5.41, 5.74) is 2.35. The first-order valence-corrected chi connectivity index (χ1v) is 4.95. The summed E-state index contributed by atoms with van der Waals surface area (Å²) >= 11 is 0. The first kappa shape index (κ1) is 9.79. The van der Waals surface area contributed by atoms with Gasteiger partial charge in [0.05, 0.1) is 11.6 Å². The second-order valence-corrected chi connectivity index (χ2v) is 4.32. The van der Waals surface area contributed by atoms with E-state index < -0.39 is 0 Å². The van der Waals surface area contributed by atoms with E-state index in [0.29, 0.717) is 5.56 Å². The monoisotopic (exact) mass is 199 g/mol. The second-order valence-electron chi connectivity index (χ2n) is 4.32. The predicted molar refractivity (Wildman–Crippen MR) is 59.6 cm³/mol. The highest BCUT2D eigenvalue weighted by Gasteiger charge is 2.24. The molecule has 0 unspecified atom stereocenters. The minimum absolute atomic E-state index is 0.286. The van der Waals surface area contributed by atoms with Gasteiger partial charge in [0.2, 0.25) is 0 Å². The number of rotatable bonds is 0. The first-order valence-electron chi connectivity index (χ1n) is 4.95. The molecule has 0 aliphatic carbocycles. The number of hydrogen-bond donors (Lipinski definition) is 0. The summed E-state index contributed by atoms with van der Waals surface area (Å²) in [6.07, 6.45) is 3.96. The number of ether oxygens (including phenoxy) is 1. The topological polar surface area (TPSA) is 33.0 Å². The molecule has 0 bridgehead atoms. The molecule has 76 valence electrons. The van der Waals surface area contributed by atoms with Gasteiger partial charge in [0.25, 0.3) is 0 Å². The van der Waals surface area contributed by atoms with Gasteiger partial charge < -0.3 is 4.74 Å². The van der Waals surface area contributed by atoms with Gasteiger partial charge in [-0.15, -0.1) is 0 Å². The molecule has 2 nitrogen and oxygen atoms in total. The Morgan fingerprint density at radius 3 is 2.73 bits per heavy atom. The van der Waals surface area contributed by atoms with Crippen LogP contribution in [0.15, 0.2) is 18.2 Å². The predicted octanol–water partition coefficient (Wildman–Crippen LogP) is 3.05. The van der Waals surface area contributed by atoms with Crippen molar-refractivity contribution in [3.05, 3.63) is 34.9 Å². The van der Waals surface area contributed by atoms with E-state index in [1.54, 1.807) is 0 Å². The van der Waals surface area contributed by atoms with E-state index in [0.717, 1.165) is 16.9 Å². The van der Waals surface area contributed by atoms with Gasteiger partial charge in [0.1, 0.15) is 11.4 Å². The molecule has 0 aromatic heterocycles. The van der Waals surface area contributed by atoms with Crippen molar-refractivity contribution >= 4 is 6.08 Å². The number of benzene rings is 1. The average Bonchev–Trinajstić information content (AvgIpc) is 2.18. The minimum atomic E-state index is -0.286. The summed E-state index contributed by atoms with van der Waals surface area (Å²) in [5, 5.41) is 8.98. The highest BCUT2D eigenvalue weighted by atomic mass is 16.5. The highest BCUT2D eigenvalue weighted by Crippen LogP contribution is 2.35. The summed E-state index contributed by atoms with van der Waals surface area (Å²) in [7, 11) is 0. The van der Waals surface area contributed by atoms with Crippen LogP contribution in [0.3, 0.4) is 0 Å². The van der Waals surface area contributed by atoms with E-state index in [4.69, 9.17) is 10.00 Å². The molecule has 2 heteroatoms. The van der Waals surface area contributed by atoms with Crippen LogP contribution in [0.25, 0.3) is 6.08 Å². The Balaban J connectivity index is 2.65. The maximum atomic E-state index is 8.98. The standard InChI is InChI=1S/C13H13NO/c1-9-4-5-10(8-14)11-6-7-13(2,3)15-12(9)11/h4-7H,1-3H3. The molecule has 0 radical (unpaired) electrons. The van der Waals surface area contributed by atoms with Crippen molar-refractivity contribution in [2.24, 2.45) is 0 Å². The minimum Gasteiger partial charge on any atom is -0.483 e. The van der Waals surface area contributed by atoms with Gasteiger partial charge in [0, 0.05) is 5.56 Å². The quantitative estimate of drug-likeness (QED) is 0.643. The van der Waals surface area contributed by atoms with Crippen LogP contribution in [0.4, 0.5) is 0 Å². The third kappa shape index (κ3) is 1.61. The molecule has 1 aliphatic rings. The third-order valence-corrected chi connectivity index (χ3v) is 2.53. The van der Waals surface area contributed by atoms with Crippen molar-refractivity contribution in [2.45, 2.75) is 26.4 Å². The van der Waals surface area contributed by atoms with Gasteiger partial charge in [-0.25, -0.2) is 0 Å². The van der Waals surface area contributed by atoms with Crippen molar-refractivity contribution in [1.29, 1.82) is 5.26 Å². The lowest BCUT2D eigenvalue weighted by Gasteiger charge is -2.29. The fourth-order valence-corrected chi connectivity index (χ4v) is 1.69. The normalized spacial score (nSPS) is 16.4. The van der Waals surface area contributed by atoms with Gasteiger partial charge in [0.15, 0.2) is 0 Å². The van der Waals surface area contributed by atoms with Crippen molar-refractivity contribution in [3.8, 4) is 11.8 Å². The van der Waals surface area contributed by atoms with Crippen LogP contribution < -0.4 is 4.74 Å². The number of fused-ring (bicyclic) bond motifs is 1. The fraction of sp³-hybridized carbons (Fsp3) is 0.308. The molecule has 0 N–H and O–H groups in total. The molecule has 0 spiro atoms. The maximum absolute atomic E-state index is 8.98. The Morgan fingerprint density at radius 1 is 1.33 bits per heavy atom. The smallest absolute Gasteiger partial charge is 0.132 e. The Labute approximate surface area is 89.8 Å². The number of hydrogen-bond acceptors (Lipinski definition) is 2. The fourth-order valence-electron chi connectivity index (χ4n) is 1.69. The largest absolute Gasteiger partial charge is 0.483 e. The van der Waals surface area contributed by atoms with Gasteiger partial charge in [-0.1, -0.05) is 6.07 Å². The molecule has 1 heterocycles. The molecule has 0 amide bonds. The van der Waals surface area contributed by atoms with Gasteiger partial charge in [-0.05, 0) is 44.6 Å². The van der Waals surface area contributed by atoms with Gasteiger partial charge >= 0.3 is 0 Å². The highest BCUT2D eigenvalue weighted by molar-refractivity contribution is 5.69. The molecular weight excluding hydrogens is 186 g/mol. The maximum Gasteiger partial charge on any atom is 0.132 e. The Hall–Kier alpha value is -1.75. The van der Waals surface area contributed by atoms with E-state index in [9.17, 15) is 0 Å². The molecular formula is C13H13NO. The van der Waals surface area contributed by atoms with E-state index in [1.807, 2.05) is 45.1 Å². The molecule has 15 heavy (non-hydrogen) atoms. The van der Waals surface area contributed by atoms with Crippen LogP contribution in [-0.2, 0) is 0 Å². The lowest BCUT2D eigenvalue weighted by molar-refractivity contribution is 0.157. The molecule has 0 atom stereocenters. The van der Waals surface area contributed by atoms with Gasteiger partial charge in [-0.2, -0.15) is 5.26 Å². The molecule has 0 fully saturated rings. The van der Waals surface area contributed by atoms with Crippen molar-refractivity contribution in [3.63, 3.8) is 0 Å². The van der Waals surface area contributed by atoms with Crippen LogP contribution in [-0.4, -0.2) is 5.60 Å². The van der Waals surface area contributed by atoms with Crippen LogP contribution in [0, 0.1) is 18.3 Å².